The van der Waals surface area contributed by atoms with Crippen molar-refractivity contribution < 1.29 is 9.50 Å². The number of piperidine rings is 1. The summed E-state index contributed by atoms with van der Waals surface area (Å²) >= 11 is 0. The molecule has 1 aliphatic rings. The number of aliphatic hydroxyl groups excluding tert-OH is 1. The van der Waals surface area contributed by atoms with Gasteiger partial charge in [-0.05, 0) is 25.5 Å². The Kier molecular flexibility index (Phi) is 2.93. The zero-order valence-electron chi connectivity index (χ0n) is 11.1. The number of hydrogen-bond donors (Lipinski definition) is 2. The van der Waals surface area contributed by atoms with Crippen molar-refractivity contribution in [2.45, 2.75) is 25.1 Å². The molecule has 1 fully saturated rings. The summed E-state index contributed by atoms with van der Waals surface area (Å²) in [5, 5.41) is 9.65. The molecule has 0 radical (unpaired) electrons. The summed E-state index contributed by atoms with van der Waals surface area (Å²) in [5.74, 6) is 0.649. The van der Waals surface area contributed by atoms with Crippen molar-refractivity contribution in [1.82, 2.24) is 15.0 Å². The SMILES string of the molecule is C[C@@]1(F)CN(c2nc(N)c3ncccc3n2)CC[C@@H]1O. The molecule has 0 spiro atoms. The molecule has 0 aromatic carbocycles. The summed E-state index contributed by atoms with van der Waals surface area (Å²) in [7, 11) is 0. The number of halogens is 1. The van der Waals surface area contributed by atoms with E-state index in [-0.39, 0.29) is 12.4 Å². The molecule has 6 nitrogen and oxygen atoms in total. The van der Waals surface area contributed by atoms with Crippen LogP contribution in [0.25, 0.3) is 11.0 Å². The topological polar surface area (TPSA) is 88.2 Å². The third-order valence-electron chi connectivity index (χ3n) is 3.62. The van der Waals surface area contributed by atoms with Crippen LogP contribution in [0, 0.1) is 0 Å². The third kappa shape index (κ3) is 2.14. The highest BCUT2D eigenvalue weighted by Gasteiger charge is 2.39. The van der Waals surface area contributed by atoms with Crippen molar-refractivity contribution >= 4 is 22.8 Å². The fourth-order valence-corrected chi connectivity index (χ4v) is 2.43. The maximum Gasteiger partial charge on any atom is 0.228 e. The highest BCUT2D eigenvalue weighted by Crippen LogP contribution is 2.28. The summed E-state index contributed by atoms with van der Waals surface area (Å²) < 4.78 is 14.2. The molecule has 0 amide bonds. The summed E-state index contributed by atoms with van der Waals surface area (Å²) in [5.41, 5.74) is 5.36. The number of aromatic nitrogens is 3. The summed E-state index contributed by atoms with van der Waals surface area (Å²) in [6, 6.07) is 3.55. The molecule has 3 heterocycles. The number of pyridine rings is 1. The second-order valence-electron chi connectivity index (χ2n) is 5.28. The van der Waals surface area contributed by atoms with E-state index in [0.717, 1.165) is 0 Å². The molecule has 2 aromatic heterocycles. The number of nitrogens with two attached hydrogens (primary N) is 1. The quantitative estimate of drug-likeness (QED) is 0.805. The molecule has 1 aliphatic heterocycles. The second-order valence-corrected chi connectivity index (χ2v) is 5.28. The Morgan fingerprint density at radius 1 is 1.50 bits per heavy atom. The molecule has 1 saturated heterocycles. The number of aliphatic hydroxyl groups is 1. The molecule has 7 heteroatoms. The zero-order chi connectivity index (χ0) is 14.3. The van der Waals surface area contributed by atoms with Crippen molar-refractivity contribution in [3.05, 3.63) is 18.3 Å². The van der Waals surface area contributed by atoms with Crippen LogP contribution in [-0.2, 0) is 0 Å². The number of nitrogens with zero attached hydrogens (tertiary/aromatic N) is 4. The Morgan fingerprint density at radius 2 is 2.30 bits per heavy atom. The minimum atomic E-state index is -1.68. The van der Waals surface area contributed by atoms with Crippen LogP contribution in [-0.4, -0.2) is 44.9 Å². The van der Waals surface area contributed by atoms with E-state index in [9.17, 15) is 9.50 Å². The van der Waals surface area contributed by atoms with Crippen molar-refractivity contribution in [2.24, 2.45) is 0 Å². The first-order chi connectivity index (χ1) is 9.47. The predicted molar refractivity (Wildman–Crippen MR) is 74.1 cm³/mol. The van der Waals surface area contributed by atoms with Gasteiger partial charge in [0.1, 0.15) is 5.52 Å². The van der Waals surface area contributed by atoms with Crippen molar-refractivity contribution in [3.8, 4) is 0 Å². The van der Waals surface area contributed by atoms with Crippen molar-refractivity contribution in [2.75, 3.05) is 23.7 Å². The van der Waals surface area contributed by atoms with Gasteiger partial charge in [0.15, 0.2) is 11.5 Å². The van der Waals surface area contributed by atoms with E-state index >= 15 is 0 Å². The summed E-state index contributed by atoms with van der Waals surface area (Å²) in [6.45, 7) is 1.92. The van der Waals surface area contributed by atoms with Crippen LogP contribution in [0.4, 0.5) is 16.2 Å². The smallest absolute Gasteiger partial charge is 0.228 e. The van der Waals surface area contributed by atoms with Crippen molar-refractivity contribution in [1.29, 1.82) is 0 Å². The van der Waals surface area contributed by atoms with Crippen LogP contribution in [0.5, 0.6) is 0 Å². The van der Waals surface area contributed by atoms with Crippen LogP contribution in [0.2, 0.25) is 0 Å². The number of fused-ring (bicyclic) bond motifs is 1. The van der Waals surface area contributed by atoms with Crippen LogP contribution >= 0.6 is 0 Å². The van der Waals surface area contributed by atoms with Gasteiger partial charge < -0.3 is 15.7 Å². The Balaban J connectivity index is 1.99. The number of rotatable bonds is 1. The molecule has 20 heavy (non-hydrogen) atoms. The second kappa shape index (κ2) is 4.52. The summed E-state index contributed by atoms with van der Waals surface area (Å²) in [6.07, 6.45) is 0.997. The highest BCUT2D eigenvalue weighted by molar-refractivity contribution is 5.84. The van der Waals surface area contributed by atoms with E-state index in [0.29, 0.717) is 29.9 Å². The molecule has 2 aromatic rings. The maximum atomic E-state index is 14.2. The van der Waals surface area contributed by atoms with Crippen molar-refractivity contribution in [3.63, 3.8) is 0 Å². The van der Waals surface area contributed by atoms with Gasteiger partial charge in [-0.25, -0.2) is 9.37 Å². The molecule has 2 atom stereocenters. The van der Waals surface area contributed by atoms with E-state index in [1.54, 1.807) is 23.2 Å². The molecule has 3 N–H and O–H groups in total. The Bertz CT molecular complexity index is 648. The number of alkyl halides is 1. The van der Waals surface area contributed by atoms with Crippen LogP contribution < -0.4 is 10.6 Å². The van der Waals surface area contributed by atoms with Gasteiger partial charge >= 0.3 is 0 Å². The fourth-order valence-electron chi connectivity index (χ4n) is 2.43. The largest absolute Gasteiger partial charge is 0.390 e. The predicted octanol–water partition coefficient (Wildman–Crippen LogP) is 0.906. The minimum Gasteiger partial charge on any atom is -0.390 e. The molecule has 0 unspecified atom stereocenters. The van der Waals surface area contributed by atoms with Crippen LogP contribution in [0.1, 0.15) is 13.3 Å². The van der Waals surface area contributed by atoms with Gasteiger partial charge in [-0.1, -0.05) is 0 Å². The van der Waals surface area contributed by atoms with Gasteiger partial charge in [-0.15, -0.1) is 0 Å². The standard InChI is InChI=1S/C13H16FN5O/c1-13(14)7-19(6-4-9(13)20)12-17-8-3-2-5-16-10(8)11(15)18-12/h2-3,5,9,20H,4,6-7H2,1H3,(H2,15,17,18)/t9-,13+/m0/s1. The van der Waals surface area contributed by atoms with Crippen LogP contribution in [0.15, 0.2) is 18.3 Å². The molecule has 0 bridgehead atoms. The molecule has 0 aliphatic carbocycles. The third-order valence-corrected chi connectivity index (χ3v) is 3.62. The first-order valence-electron chi connectivity index (χ1n) is 6.47. The summed E-state index contributed by atoms with van der Waals surface area (Å²) in [4.78, 5) is 14.4. The van der Waals surface area contributed by atoms with E-state index in [1.165, 1.54) is 6.92 Å². The van der Waals surface area contributed by atoms with E-state index in [4.69, 9.17) is 5.73 Å². The van der Waals surface area contributed by atoms with Gasteiger partial charge in [0.2, 0.25) is 5.95 Å². The lowest BCUT2D eigenvalue weighted by atomic mass is 9.94. The Hall–Kier alpha value is -2.02. The van der Waals surface area contributed by atoms with E-state index in [2.05, 4.69) is 15.0 Å². The van der Waals surface area contributed by atoms with Crippen LogP contribution in [0.3, 0.4) is 0 Å². The van der Waals surface area contributed by atoms with Gasteiger partial charge in [-0.3, -0.25) is 4.98 Å². The zero-order valence-corrected chi connectivity index (χ0v) is 11.1. The molecule has 3 rings (SSSR count). The molecular formula is C13H16FN5O. The lowest BCUT2D eigenvalue weighted by molar-refractivity contribution is -0.00858. The minimum absolute atomic E-state index is 0.0410. The average Bonchev–Trinajstić information content (AvgIpc) is 2.42. The fraction of sp³-hybridized carbons (Fsp3) is 0.462. The van der Waals surface area contributed by atoms with Gasteiger partial charge in [0.25, 0.3) is 0 Å². The van der Waals surface area contributed by atoms with Gasteiger partial charge in [-0.2, -0.15) is 4.98 Å². The number of hydrogen-bond acceptors (Lipinski definition) is 6. The van der Waals surface area contributed by atoms with E-state index < -0.39 is 11.8 Å². The Morgan fingerprint density at radius 3 is 3.05 bits per heavy atom. The normalized spacial score (nSPS) is 26.9. The van der Waals surface area contributed by atoms with E-state index in [1.807, 2.05) is 0 Å². The van der Waals surface area contributed by atoms with Gasteiger partial charge in [0, 0.05) is 12.7 Å². The number of nitrogen functional groups attached to an aromatic ring is 1. The first-order valence-corrected chi connectivity index (χ1v) is 6.47. The Labute approximate surface area is 115 Å². The highest BCUT2D eigenvalue weighted by atomic mass is 19.1. The maximum absolute atomic E-state index is 14.2. The number of anilines is 2. The van der Waals surface area contributed by atoms with Gasteiger partial charge in [0.05, 0.1) is 18.2 Å². The molecular weight excluding hydrogens is 261 g/mol. The molecule has 0 saturated carbocycles. The monoisotopic (exact) mass is 277 g/mol. The first kappa shape index (κ1) is 13.0. The lowest BCUT2D eigenvalue weighted by Crippen LogP contribution is -2.53. The average molecular weight is 277 g/mol. The lowest BCUT2D eigenvalue weighted by Gasteiger charge is -2.38. The molecule has 106 valence electrons.